The van der Waals surface area contributed by atoms with Crippen molar-refractivity contribution in [3.05, 3.63) is 64.7 Å². The van der Waals surface area contributed by atoms with Crippen LogP contribution in [0.2, 0.25) is 5.02 Å². The maximum atomic E-state index is 12.8. The molecular formula is C16H13ClF3N3O2. The first-order chi connectivity index (χ1) is 11.7. The lowest BCUT2D eigenvalue weighted by molar-refractivity contribution is -0.137. The molecule has 0 saturated heterocycles. The first-order valence-electron chi connectivity index (χ1n) is 6.98. The summed E-state index contributed by atoms with van der Waals surface area (Å²) in [5.41, 5.74) is 6.65. The molecule has 0 heterocycles. The summed E-state index contributed by atoms with van der Waals surface area (Å²) in [6.07, 6.45) is -4.77. The Morgan fingerprint density at radius 2 is 1.80 bits per heavy atom. The van der Waals surface area contributed by atoms with Gasteiger partial charge in [-0.15, -0.1) is 0 Å². The highest BCUT2D eigenvalue weighted by Crippen LogP contribution is 2.31. The van der Waals surface area contributed by atoms with Gasteiger partial charge in [-0.05, 0) is 29.8 Å². The van der Waals surface area contributed by atoms with Crippen LogP contribution in [0.25, 0.3) is 0 Å². The molecule has 3 amide bonds. The summed E-state index contributed by atoms with van der Waals surface area (Å²) in [7, 11) is 0. The Kier molecular flexibility index (Phi) is 5.53. The highest BCUT2D eigenvalue weighted by molar-refractivity contribution is 6.31. The quantitative estimate of drug-likeness (QED) is 0.810. The molecule has 0 saturated carbocycles. The van der Waals surface area contributed by atoms with E-state index >= 15 is 0 Å². The Morgan fingerprint density at radius 3 is 2.40 bits per heavy atom. The van der Waals surface area contributed by atoms with Crippen LogP contribution in [-0.2, 0) is 17.4 Å². The number of rotatable bonds is 3. The molecule has 2 aromatic rings. The molecule has 0 unspecified atom stereocenters. The van der Waals surface area contributed by atoms with Gasteiger partial charge in [0.05, 0.1) is 17.7 Å². The lowest BCUT2D eigenvalue weighted by Gasteiger charge is -2.22. The van der Waals surface area contributed by atoms with Crippen molar-refractivity contribution >= 4 is 29.2 Å². The number of carbonyl (C=O) groups is 2. The first kappa shape index (κ1) is 18.6. The van der Waals surface area contributed by atoms with Crippen molar-refractivity contribution in [1.82, 2.24) is 5.43 Å². The van der Waals surface area contributed by atoms with Crippen LogP contribution in [0.15, 0.2) is 48.5 Å². The van der Waals surface area contributed by atoms with Gasteiger partial charge in [-0.2, -0.15) is 13.2 Å². The van der Waals surface area contributed by atoms with E-state index in [9.17, 15) is 22.8 Å². The molecule has 0 aromatic heterocycles. The van der Waals surface area contributed by atoms with Crippen LogP contribution in [0.1, 0.15) is 11.1 Å². The SMILES string of the molecule is NC(=O)N(NC(=O)Cc1ccccc1Cl)c1cccc(C(F)(F)F)c1. The van der Waals surface area contributed by atoms with Gasteiger partial charge in [-0.25, -0.2) is 9.80 Å². The number of hydrogen-bond donors (Lipinski definition) is 2. The molecule has 2 rings (SSSR count). The summed E-state index contributed by atoms with van der Waals surface area (Å²) in [5, 5.41) is 0.899. The Morgan fingerprint density at radius 1 is 1.12 bits per heavy atom. The topological polar surface area (TPSA) is 75.4 Å². The third-order valence-corrected chi connectivity index (χ3v) is 3.57. The number of benzene rings is 2. The molecule has 5 nitrogen and oxygen atoms in total. The predicted molar refractivity (Wildman–Crippen MR) is 86.8 cm³/mol. The van der Waals surface area contributed by atoms with E-state index in [0.717, 1.165) is 12.1 Å². The second-order valence-corrected chi connectivity index (χ2v) is 5.43. The van der Waals surface area contributed by atoms with Crippen LogP contribution >= 0.6 is 11.6 Å². The second kappa shape index (κ2) is 7.43. The molecule has 0 radical (unpaired) electrons. The molecule has 9 heteroatoms. The fourth-order valence-electron chi connectivity index (χ4n) is 2.05. The van der Waals surface area contributed by atoms with Crippen LogP contribution in [0.4, 0.5) is 23.7 Å². The molecule has 0 aliphatic carbocycles. The number of halogens is 4. The van der Waals surface area contributed by atoms with Crippen molar-refractivity contribution < 1.29 is 22.8 Å². The minimum Gasteiger partial charge on any atom is -0.350 e. The zero-order valence-electron chi connectivity index (χ0n) is 12.7. The van der Waals surface area contributed by atoms with E-state index in [0.29, 0.717) is 21.7 Å². The summed E-state index contributed by atoms with van der Waals surface area (Å²) < 4.78 is 38.4. The average Bonchev–Trinajstić information content (AvgIpc) is 2.54. The predicted octanol–water partition coefficient (Wildman–Crippen LogP) is 3.52. The third-order valence-electron chi connectivity index (χ3n) is 3.20. The van der Waals surface area contributed by atoms with Crippen molar-refractivity contribution in [2.24, 2.45) is 5.73 Å². The fourth-order valence-corrected chi connectivity index (χ4v) is 2.25. The number of carbonyl (C=O) groups excluding carboxylic acids is 2. The maximum Gasteiger partial charge on any atom is 0.416 e. The van der Waals surface area contributed by atoms with Gasteiger partial charge in [0, 0.05) is 5.02 Å². The summed E-state index contributed by atoms with van der Waals surface area (Å²) >= 11 is 5.95. The fraction of sp³-hybridized carbons (Fsp3) is 0.125. The minimum atomic E-state index is -4.60. The normalized spacial score (nSPS) is 11.0. The number of nitrogens with two attached hydrogens (primary N) is 1. The van der Waals surface area contributed by atoms with E-state index in [1.807, 2.05) is 0 Å². The Balaban J connectivity index is 2.20. The van der Waals surface area contributed by atoms with Gasteiger partial charge in [0.2, 0.25) is 5.91 Å². The van der Waals surface area contributed by atoms with E-state index in [-0.39, 0.29) is 12.1 Å². The number of nitrogens with one attached hydrogen (secondary N) is 1. The van der Waals surface area contributed by atoms with Crippen LogP contribution < -0.4 is 16.2 Å². The largest absolute Gasteiger partial charge is 0.416 e. The van der Waals surface area contributed by atoms with Gasteiger partial charge in [-0.1, -0.05) is 35.9 Å². The van der Waals surface area contributed by atoms with Gasteiger partial charge >= 0.3 is 12.2 Å². The molecular weight excluding hydrogens is 359 g/mol. The lowest BCUT2D eigenvalue weighted by atomic mass is 10.1. The van der Waals surface area contributed by atoms with Crippen molar-refractivity contribution in [2.75, 3.05) is 5.01 Å². The molecule has 132 valence electrons. The number of alkyl halides is 3. The third kappa shape index (κ3) is 4.87. The summed E-state index contributed by atoms with van der Waals surface area (Å²) in [6, 6.07) is 9.30. The molecule has 0 fully saturated rings. The minimum absolute atomic E-state index is 0.178. The molecule has 0 aliphatic rings. The molecule has 0 atom stereocenters. The molecule has 25 heavy (non-hydrogen) atoms. The van der Waals surface area contributed by atoms with Crippen molar-refractivity contribution in [2.45, 2.75) is 12.6 Å². The Labute approximate surface area is 146 Å². The van der Waals surface area contributed by atoms with Crippen LogP contribution in [-0.4, -0.2) is 11.9 Å². The molecule has 0 aliphatic heterocycles. The maximum absolute atomic E-state index is 12.8. The Bertz CT molecular complexity index is 796. The molecule has 3 N–H and O–H groups in total. The number of primary amides is 1. The highest BCUT2D eigenvalue weighted by atomic mass is 35.5. The zero-order chi connectivity index (χ0) is 18.6. The Hall–Kier alpha value is -2.74. The monoisotopic (exact) mass is 371 g/mol. The lowest BCUT2D eigenvalue weighted by Crippen LogP contribution is -2.49. The zero-order valence-corrected chi connectivity index (χ0v) is 13.4. The number of hydrogen-bond acceptors (Lipinski definition) is 2. The van der Waals surface area contributed by atoms with E-state index in [1.165, 1.54) is 6.07 Å². The van der Waals surface area contributed by atoms with Gasteiger partial charge in [0.1, 0.15) is 0 Å². The van der Waals surface area contributed by atoms with Gasteiger partial charge in [0.25, 0.3) is 0 Å². The van der Waals surface area contributed by atoms with E-state index < -0.39 is 23.7 Å². The van der Waals surface area contributed by atoms with E-state index in [2.05, 4.69) is 5.43 Å². The van der Waals surface area contributed by atoms with Crippen LogP contribution in [0, 0.1) is 0 Å². The first-order valence-corrected chi connectivity index (χ1v) is 7.36. The van der Waals surface area contributed by atoms with Crippen molar-refractivity contribution in [1.29, 1.82) is 0 Å². The van der Waals surface area contributed by atoms with Crippen LogP contribution in [0.3, 0.4) is 0 Å². The van der Waals surface area contributed by atoms with Crippen molar-refractivity contribution in [3.63, 3.8) is 0 Å². The number of urea groups is 1. The van der Waals surface area contributed by atoms with Crippen LogP contribution in [0.5, 0.6) is 0 Å². The smallest absolute Gasteiger partial charge is 0.350 e. The standard InChI is InChI=1S/C16H13ClF3N3O2/c17-13-7-2-1-4-10(13)8-14(24)22-23(15(21)25)12-6-3-5-11(9-12)16(18,19)20/h1-7,9H,8H2,(H2,21,25)(H,22,24). The summed E-state index contributed by atoms with van der Waals surface area (Å²) in [5.74, 6) is -0.663. The number of nitrogens with zero attached hydrogens (tertiary/aromatic N) is 1. The molecule has 0 bridgehead atoms. The van der Waals surface area contributed by atoms with Crippen molar-refractivity contribution in [3.8, 4) is 0 Å². The highest BCUT2D eigenvalue weighted by Gasteiger charge is 2.31. The number of amides is 3. The summed E-state index contributed by atoms with van der Waals surface area (Å²) in [6.45, 7) is 0. The molecule has 0 spiro atoms. The van der Waals surface area contributed by atoms with Gasteiger partial charge in [0.15, 0.2) is 0 Å². The van der Waals surface area contributed by atoms with E-state index in [1.54, 1.807) is 24.3 Å². The number of anilines is 1. The van der Waals surface area contributed by atoms with E-state index in [4.69, 9.17) is 17.3 Å². The summed E-state index contributed by atoms with van der Waals surface area (Å²) in [4.78, 5) is 23.6. The molecule has 2 aromatic carbocycles. The second-order valence-electron chi connectivity index (χ2n) is 5.02. The van der Waals surface area contributed by atoms with Gasteiger partial charge in [-0.3, -0.25) is 10.2 Å². The van der Waals surface area contributed by atoms with Gasteiger partial charge < -0.3 is 5.73 Å². The average molecular weight is 372 g/mol. The number of hydrazine groups is 1.